The molecular formula is C19H19N3O4S. The fraction of sp³-hybridized carbons (Fsp3) is 0.211. The quantitative estimate of drug-likeness (QED) is 0.588. The molecule has 140 valence electrons. The lowest BCUT2D eigenvalue weighted by Crippen LogP contribution is -2.22. The summed E-state index contributed by atoms with van der Waals surface area (Å²) in [5.41, 5.74) is 1.64. The maximum absolute atomic E-state index is 12.0. The molecule has 0 aliphatic carbocycles. The second-order valence-electron chi connectivity index (χ2n) is 6.12. The molecule has 0 bridgehead atoms. The molecule has 0 aromatic heterocycles. The Balaban J connectivity index is 1.55. The highest BCUT2D eigenvalue weighted by molar-refractivity contribution is 7.90. The largest absolute Gasteiger partial charge is 0.326 e. The summed E-state index contributed by atoms with van der Waals surface area (Å²) in [5.74, 6) is 0.0460. The third kappa shape index (κ3) is 4.40. The smallest absolute Gasteiger partial charge is 0.263 e. The van der Waals surface area contributed by atoms with Crippen LogP contribution in [-0.4, -0.2) is 32.5 Å². The number of anilines is 1. The molecule has 0 radical (unpaired) electrons. The van der Waals surface area contributed by atoms with Crippen molar-refractivity contribution in [3.63, 3.8) is 0 Å². The van der Waals surface area contributed by atoms with Gasteiger partial charge in [0.05, 0.1) is 4.90 Å². The number of Topliss-reactive ketones (excluding diaryl/α,β-unsaturated/α-hetero) is 1. The zero-order valence-corrected chi connectivity index (χ0v) is 15.5. The summed E-state index contributed by atoms with van der Waals surface area (Å²) in [6, 6.07) is 13.4. The maximum atomic E-state index is 12.0. The predicted octanol–water partition coefficient (Wildman–Crippen LogP) is 2.35. The van der Waals surface area contributed by atoms with Gasteiger partial charge >= 0.3 is 0 Å². The van der Waals surface area contributed by atoms with Crippen LogP contribution in [0.2, 0.25) is 0 Å². The van der Waals surface area contributed by atoms with E-state index in [2.05, 4.69) is 15.0 Å². The monoisotopic (exact) mass is 385 g/mol. The molecule has 0 saturated carbocycles. The fourth-order valence-corrected chi connectivity index (χ4v) is 3.97. The van der Waals surface area contributed by atoms with Gasteiger partial charge in [0.1, 0.15) is 5.84 Å². The number of amidine groups is 1. The number of fused-ring (bicyclic) bond motifs is 1. The van der Waals surface area contributed by atoms with Gasteiger partial charge in [0, 0.05) is 29.8 Å². The number of hydrogen-bond donors (Lipinski definition) is 2. The van der Waals surface area contributed by atoms with E-state index in [4.69, 9.17) is 0 Å². The van der Waals surface area contributed by atoms with Crippen molar-refractivity contribution in [1.29, 1.82) is 0 Å². The third-order valence-corrected chi connectivity index (χ3v) is 5.44. The number of benzene rings is 2. The molecule has 0 saturated heterocycles. The van der Waals surface area contributed by atoms with Gasteiger partial charge in [-0.15, -0.1) is 0 Å². The van der Waals surface area contributed by atoms with Crippen LogP contribution in [0.5, 0.6) is 0 Å². The van der Waals surface area contributed by atoms with Crippen molar-refractivity contribution in [3.8, 4) is 0 Å². The van der Waals surface area contributed by atoms with Crippen LogP contribution in [0.1, 0.15) is 35.7 Å². The molecule has 1 amide bonds. The molecule has 7 nitrogen and oxygen atoms in total. The number of hydrogen-bond acceptors (Lipinski definition) is 5. The van der Waals surface area contributed by atoms with E-state index in [-0.39, 0.29) is 23.0 Å². The number of amides is 1. The van der Waals surface area contributed by atoms with Crippen molar-refractivity contribution in [2.45, 2.75) is 24.7 Å². The molecule has 2 aromatic rings. The summed E-state index contributed by atoms with van der Waals surface area (Å²) in [5, 5.41) is 2.74. The topological polar surface area (TPSA) is 105 Å². The van der Waals surface area contributed by atoms with E-state index in [1.54, 1.807) is 42.5 Å². The Morgan fingerprint density at radius 2 is 1.89 bits per heavy atom. The highest BCUT2D eigenvalue weighted by Gasteiger charge is 2.29. The molecule has 3 rings (SSSR count). The molecule has 2 aromatic carbocycles. The Morgan fingerprint density at radius 1 is 1.11 bits per heavy atom. The van der Waals surface area contributed by atoms with Gasteiger partial charge in [-0.3, -0.25) is 19.3 Å². The predicted molar refractivity (Wildman–Crippen MR) is 102 cm³/mol. The zero-order valence-electron chi connectivity index (χ0n) is 14.7. The number of ketones is 1. The third-order valence-electron chi connectivity index (χ3n) is 4.05. The maximum Gasteiger partial charge on any atom is 0.263 e. The molecule has 1 aliphatic rings. The van der Waals surface area contributed by atoms with E-state index in [0.29, 0.717) is 35.6 Å². The van der Waals surface area contributed by atoms with Gasteiger partial charge in [0.25, 0.3) is 10.0 Å². The van der Waals surface area contributed by atoms with Gasteiger partial charge in [0.15, 0.2) is 5.78 Å². The van der Waals surface area contributed by atoms with Gasteiger partial charge in [-0.1, -0.05) is 24.3 Å². The molecule has 27 heavy (non-hydrogen) atoms. The van der Waals surface area contributed by atoms with Crippen molar-refractivity contribution >= 4 is 33.2 Å². The van der Waals surface area contributed by atoms with Crippen molar-refractivity contribution in [2.75, 3.05) is 11.9 Å². The standard InChI is InChI=1S/C19H19N3O4S/c1-13(23)14-6-4-7-15(12-14)21-18(24)10-5-11-20-19-16-8-2-3-9-17(16)27(25,26)22-19/h2-4,6-9,12H,5,10-11H2,1H3,(H,20,22)(H,21,24). The highest BCUT2D eigenvalue weighted by Crippen LogP contribution is 2.22. The zero-order chi connectivity index (χ0) is 19.4. The SMILES string of the molecule is CC(=O)c1cccc(NC(=O)CCCN=C2NS(=O)(=O)c3ccccc32)c1. The van der Waals surface area contributed by atoms with Crippen LogP contribution in [0.3, 0.4) is 0 Å². The van der Waals surface area contributed by atoms with Crippen LogP contribution >= 0.6 is 0 Å². The first-order valence-electron chi connectivity index (χ1n) is 8.44. The first-order valence-corrected chi connectivity index (χ1v) is 9.93. The Kier molecular flexibility index (Phi) is 5.36. The Labute approximate surface area is 157 Å². The number of sulfonamides is 1. The van der Waals surface area contributed by atoms with Crippen LogP contribution in [0, 0.1) is 0 Å². The van der Waals surface area contributed by atoms with Crippen molar-refractivity contribution in [3.05, 3.63) is 59.7 Å². The van der Waals surface area contributed by atoms with Crippen LogP contribution in [0.4, 0.5) is 5.69 Å². The summed E-state index contributed by atoms with van der Waals surface area (Å²) in [6.07, 6.45) is 0.696. The molecule has 1 heterocycles. The molecule has 1 aliphatic heterocycles. The lowest BCUT2D eigenvalue weighted by atomic mass is 10.1. The number of rotatable bonds is 6. The summed E-state index contributed by atoms with van der Waals surface area (Å²) in [6.45, 7) is 1.78. The van der Waals surface area contributed by atoms with Crippen molar-refractivity contribution in [2.24, 2.45) is 4.99 Å². The van der Waals surface area contributed by atoms with Crippen LogP contribution in [0.25, 0.3) is 0 Å². The molecule has 2 N–H and O–H groups in total. The van der Waals surface area contributed by atoms with E-state index in [9.17, 15) is 18.0 Å². The fourth-order valence-electron chi connectivity index (χ4n) is 2.72. The summed E-state index contributed by atoms with van der Waals surface area (Å²) < 4.78 is 26.4. The number of aliphatic imine (C=N–C) groups is 1. The lowest BCUT2D eigenvalue weighted by molar-refractivity contribution is -0.116. The Morgan fingerprint density at radius 3 is 2.67 bits per heavy atom. The average Bonchev–Trinajstić information content (AvgIpc) is 2.90. The minimum Gasteiger partial charge on any atom is -0.326 e. The minimum atomic E-state index is -3.55. The van der Waals surface area contributed by atoms with Crippen LogP contribution < -0.4 is 10.0 Å². The number of nitrogens with zero attached hydrogens (tertiary/aromatic N) is 1. The Bertz CT molecular complexity index is 1030. The lowest BCUT2D eigenvalue weighted by Gasteiger charge is -2.06. The summed E-state index contributed by atoms with van der Waals surface area (Å²) in [4.78, 5) is 27.9. The van der Waals surface area contributed by atoms with Crippen LogP contribution in [0.15, 0.2) is 58.4 Å². The number of carbonyl (C=O) groups excluding carboxylic acids is 2. The summed E-state index contributed by atoms with van der Waals surface area (Å²) >= 11 is 0. The second-order valence-corrected chi connectivity index (χ2v) is 7.77. The van der Waals surface area contributed by atoms with Gasteiger partial charge in [-0.2, -0.15) is 0 Å². The van der Waals surface area contributed by atoms with Crippen molar-refractivity contribution in [1.82, 2.24) is 4.72 Å². The normalized spacial score (nSPS) is 15.8. The molecule has 0 spiro atoms. The summed E-state index contributed by atoms with van der Waals surface area (Å²) in [7, 11) is -3.55. The average molecular weight is 385 g/mol. The first kappa shape index (κ1) is 18.8. The molecule has 0 unspecified atom stereocenters. The number of carbonyl (C=O) groups is 2. The van der Waals surface area contributed by atoms with E-state index in [1.807, 2.05) is 0 Å². The van der Waals surface area contributed by atoms with Gasteiger partial charge < -0.3 is 5.32 Å². The molecule has 8 heteroatoms. The van der Waals surface area contributed by atoms with Gasteiger partial charge in [-0.25, -0.2) is 8.42 Å². The molecular weight excluding hydrogens is 366 g/mol. The van der Waals surface area contributed by atoms with Crippen LogP contribution in [-0.2, 0) is 14.8 Å². The van der Waals surface area contributed by atoms with E-state index < -0.39 is 10.0 Å². The highest BCUT2D eigenvalue weighted by atomic mass is 32.2. The second kappa shape index (κ2) is 7.71. The number of nitrogens with one attached hydrogen (secondary N) is 2. The van der Waals surface area contributed by atoms with Crippen molar-refractivity contribution < 1.29 is 18.0 Å². The minimum absolute atomic E-state index is 0.0683. The Hall–Kier alpha value is -3.00. The van der Waals surface area contributed by atoms with Gasteiger partial charge in [-0.05, 0) is 37.6 Å². The molecule has 0 atom stereocenters. The first-order chi connectivity index (χ1) is 12.9. The molecule has 0 fully saturated rings. The van der Waals surface area contributed by atoms with Gasteiger partial charge in [0.2, 0.25) is 5.91 Å². The van der Waals surface area contributed by atoms with E-state index in [1.165, 1.54) is 13.0 Å². The van der Waals surface area contributed by atoms with E-state index in [0.717, 1.165) is 0 Å². The van der Waals surface area contributed by atoms with E-state index >= 15 is 0 Å².